The molecule has 3 N–H and O–H groups in total. The monoisotopic (exact) mass is 226 g/mol. The third-order valence-corrected chi connectivity index (χ3v) is 2.91. The highest BCUT2D eigenvalue weighted by Gasteiger charge is 2.12. The van der Waals surface area contributed by atoms with Crippen molar-refractivity contribution < 1.29 is 4.79 Å². The van der Waals surface area contributed by atoms with Gasteiger partial charge >= 0.3 is 0 Å². The molecule has 15 heavy (non-hydrogen) atoms. The lowest BCUT2D eigenvalue weighted by Gasteiger charge is -2.17. The number of carbonyl (C=O) groups excluding carboxylic acids is 1. The van der Waals surface area contributed by atoms with Crippen LogP contribution in [0.5, 0.6) is 0 Å². The van der Waals surface area contributed by atoms with Gasteiger partial charge in [0.15, 0.2) is 0 Å². The van der Waals surface area contributed by atoms with E-state index in [1.807, 2.05) is 31.4 Å². The molecule has 0 aliphatic heterocycles. The van der Waals surface area contributed by atoms with Crippen LogP contribution in [-0.4, -0.2) is 11.4 Å². The zero-order valence-electron chi connectivity index (χ0n) is 9.25. The molecule has 0 atom stereocenters. The lowest BCUT2D eigenvalue weighted by molar-refractivity contribution is -0.121. The predicted octanol–water partition coefficient (Wildman–Crippen LogP) is 1.88. The summed E-state index contributed by atoms with van der Waals surface area (Å²) in [6, 6.07) is 3.99. The van der Waals surface area contributed by atoms with Crippen LogP contribution in [0.3, 0.4) is 0 Å². The third kappa shape index (κ3) is 5.54. The maximum atomic E-state index is 11.4. The average Bonchev–Trinajstić information content (AvgIpc) is 2.62. The number of amides is 1. The molecule has 0 saturated carbocycles. The Bertz CT molecular complexity index is 301. The molecule has 0 aromatic carbocycles. The van der Waals surface area contributed by atoms with Gasteiger partial charge in [0, 0.05) is 16.8 Å². The average molecular weight is 226 g/mol. The van der Waals surface area contributed by atoms with Crippen molar-refractivity contribution in [1.29, 1.82) is 0 Å². The van der Waals surface area contributed by atoms with Crippen LogP contribution in [0.2, 0.25) is 0 Å². The fourth-order valence-electron chi connectivity index (χ4n) is 1.12. The molecule has 0 radical (unpaired) electrons. The molecule has 0 unspecified atom stereocenters. The van der Waals surface area contributed by atoms with Gasteiger partial charge in [0.2, 0.25) is 5.91 Å². The molecular weight excluding hydrogens is 208 g/mol. The number of thiophene rings is 1. The topological polar surface area (TPSA) is 55.1 Å². The summed E-state index contributed by atoms with van der Waals surface area (Å²) in [7, 11) is 0. The van der Waals surface area contributed by atoms with Gasteiger partial charge in [-0.15, -0.1) is 11.3 Å². The highest BCUT2D eigenvalue weighted by Crippen LogP contribution is 2.09. The van der Waals surface area contributed by atoms with Crippen molar-refractivity contribution in [2.24, 2.45) is 5.73 Å². The van der Waals surface area contributed by atoms with E-state index in [1.54, 1.807) is 11.3 Å². The zero-order valence-corrected chi connectivity index (χ0v) is 10.1. The van der Waals surface area contributed by atoms with E-state index in [2.05, 4.69) is 5.32 Å². The summed E-state index contributed by atoms with van der Waals surface area (Å²) in [6.07, 6.45) is 1.21. The Kier molecular flexibility index (Phi) is 4.29. The lowest BCUT2D eigenvalue weighted by atomic mass is 10.00. The van der Waals surface area contributed by atoms with Crippen molar-refractivity contribution in [1.82, 2.24) is 5.32 Å². The second-order valence-corrected chi connectivity index (χ2v) is 5.38. The molecule has 1 amide bonds. The molecule has 1 aromatic heterocycles. The van der Waals surface area contributed by atoms with Crippen molar-refractivity contribution in [2.75, 3.05) is 0 Å². The minimum Gasteiger partial charge on any atom is -0.351 e. The Labute approximate surface area is 94.7 Å². The molecule has 0 spiro atoms. The van der Waals surface area contributed by atoms with Gasteiger partial charge < -0.3 is 11.1 Å². The Hall–Kier alpha value is -0.870. The second kappa shape index (κ2) is 5.28. The van der Waals surface area contributed by atoms with Gasteiger partial charge in [0.25, 0.3) is 0 Å². The molecule has 4 heteroatoms. The molecule has 0 aliphatic rings. The van der Waals surface area contributed by atoms with Crippen molar-refractivity contribution >= 4 is 17.2 Å². The van der Waals surface area contributed by atoms with E-state index in [0.29, 0.717) is 19.4 Å². The fourth-order valence-corrected chi connectivity index (χ4v) is 1.77. The second-order valence-electron chi connectivity index (χ2n) is 4.34. The van der Waals surface area contributed by atoms with Gasteiger partial charge in [0.05, 0.1) is 6.54 Å². The quantitative estimate of drug-likeness (QED) is 0.805. The predicted molar refractivity (Wildman–Crippen MR) is 63.7 cm³/mol. The summed E-state index contributed by atoms with van der Waals surface area (Å²) in [5, 5.41) is 4.88. The molecule has 84 valence electrons. The van der Waals surface area contributed by atoms with Gasteiger partial charge in [-0.2, -0.15) is 0 Å². The number of nitrogens with two attached hydrogens (primary N) is 1. The van der Waals surface area contributed by atoms with E-state index in [0.717, 1.165) is 0 Å². The fraction of sp³-hybridized carbons (Fsp3) is 0.545. The van der Waals surface area contributed by atoms with Crippen LogP contribution in [0.1, 0.15) is 31.6 Å². The first-order chi connectivity index (χ1) is 6.97. The third-order valence-electron chi connectivity index (χ3n) is 2.04. The van der Waals surface area contributed by atoms with E-state index < -0.39 is 0 Å². The van der Waals surface area contributed by atoms with Crippen LogP contribution >= 0.6 is 11.3 Å². The van der Waals surface area contributed by atoms with E-state index in [9.17, 15) is 4.79 Å². The molecular formula is C11H18N2OS. The molecule has 1 heterocycles. The first kappa shape index (κ1) is 12.2. The van der Waals surface area contributed by atoms with Gasteiger partial charge in [-0.05, 0) is 31.7 Å². The number of hydrogen-bond donors (Lipinski definition) is 2. The number of rotatable bonds is 5. The van der Waals surface area contributed by atoms with Crippen LogP contribution in [0, 0.1) is 0 Å². The Morgan fingerprint density at radius 1 is 1.60 bits per heavy atom. The van der Waals surface area contributed by atoms with Crippen molar-refractivity contribution in [3.05, 3.63) is 22.4 Å². The lowest BCUT2D eigenvalue weighted by Crippen LogP contribution is -2.34. The minimum absolute atomic E-state index is 0.0712. The summed E-state index contributed by atoms with van der Waals surface area (Å²) in [5.74, 6) is 0.0712. The first-order valence-electron chi connectivity index (χ1n) is 5.05. The molecule has 3 nitrogen and oxygen atoms in total. The van der Waals surface area contributed by atoms with Crippen molar-refractivity contribution in [3.63, 3.8) is 0 Å². The van der Waals surface area contributed by atoms with Crippen molar-refractivity contribution in [3.8, 4) is 0 Å². The summed E-state index contributed by atoms with van der Waals surface area (Å²) < 4.78 is 0. The normalized spacial score (nSPS) is 11.4. The van der Waals surface area contributed by atoms with E-state index in [4.69, 9.17) is 5.73 Å². The van der Waals surface area contributed by atoms with Crippen LogP contribution in [0.15, 0.2) is 17.5 Å². The van der Waals surface area contributed by atoms with Crippen LogP contribution in [-0.2, 0) is 11.3 Å². The Morgan fingerprint density at radius 2 is 2.33 bits per heavy atom. The number of hydrogen-bond acceptors (Lipinski definition) is 3. The van der Waals surface area contributed by atoms with E-state index in [-0.39, 0.29) is 11.4 Å². The van der Waals surface area contributed by atoms with Gasteiger partial charge in [0.1, 0.15) is 0 Å². The molecule has 0 saturated heterocycles. The molecule has 0 aliphatic carbocycles. The van der Waals surface area contributed by atoms with Crippen LogP contribution in [0.4, 0.5) is 0 Å². The smallest absolute Gasteiger partial charge is 0.220 e. The Morgan fingerprint density at radius 3 is 2.87 bits per heavy atom. The van der Waals surface area contributed by atoms with Gasteiger partial charge in [-0.3, -0.25) is 4.79 Å². The zero-order chi connectivity index (χ0) is 11.3. The number of carbonyl (C=O) groups is 1. The largest absolute Gasteiger partial charge is 0.351 e. The first-order valence-corrected chi connectivity index (χ1v) is 5.93. The highest BCUT2D eigenvalue weighted by molar-refractivity contribution is 7.09. The van der Waals surface area contributed by atoms with Crippen molar-refractivity contribution in [2.45, 2.75) is 38.8 Å². The van der Waals surface area contributed by atoms with E-state index >= 15 is 0 Å². The maximum absolute atomic E-state index is 11.4. The summed E-state index contributed by atoms with van der Waals surface area (Å²) in [6.45, 7) is 4.49. The van der Waals surface area contributed by atoms with Crippen LogP contribution < -0.4 is 11.1 Å². The summed E-state index contributed by atoms with van der Waals surface area (Å²) in [4.78, 5) is 12.6. The van der Waals surface area contributed by atoms with Gasteiger partial charge in [-0.1, -0.05) is 6.07 Å². The molecule has 1 rings (SSSR count). The van der Waals surface area contributed by atoms with Crippen LogP contribution in [0.25, 0.3) is 0 Å². The SMILES string of the molecule is CC(C)(N)CCC(=O)NCc1cccs1. The Balaban J connectivity index is 2.20. The molecule has 0 bridgehead atoms. The minimum atomic E-state index is -0.264. The summed E-state index contributed by atoms with van der Waals surface area (Å²) >= 11 is 1.65. The standard InChI is InChI=1S/C11H18N2OS/c1-11(2,12)6-5-10(14)13-8-9-4-3-7-15-9/h3-4,7H,5-6,8,12H2,1-2H3,(H,13,14). The molecule has 0 fully saturated rings. The maximum Gasteiger partial charge on any atom is 0.220 e. The highest BCUT2D eigenvalue weighted by atomic mass is 32.1. The van der Waals surface area contributed by atoms with E-state index in [1.165, 1.54) is 4.88 Å². The summed E-state index contributed by atoms with van der Waals surface area (Å²) in [5.41, 5.74) is 5.53. The van der Waals surface area contributed by atoms with Gasteiger partial charge in [-0.25, -0.2) is 0 Å². The molecule has 1 aromatic rings. The number of nitrogens with one attached hydrogen (secondary N) is 1.